The Bertz CT molecular complexity index is 380. The number of rotatable bonds is 4. The highest BCUT2D eigenvalue weighted by molar-refractivity contribution is 9.10. The third-order valence-electron chi connectivity index (χ3n) is 1.76. The lowest BCUT2D eigenvalue weighted by atomic mass is 10.2. The molecule has 0 atom stereocenters. The molecule has 0 unspecified atom stereocenters. The van der Waals surface area contributed by atoms with E-state index in [0.717, 1.165) is 10.0 Å². The van der Waals surface area contributed by atoms with Gasteiger partial charge < -0.3 is 10.1 Å². The summed E-state index contributed by atoms with van der Waals surface area (Å²) in [4.78, 5) is 15.0. The van der Waals surface area contributed by atoms with E-state index in [0.29, 0.717) is 12.4 Å². The van der Waals surface area contributed by atoms with Gasteiger partial charge in [-0.05, 0) is 27.6 Å². The molecule has 80 valence electrons. The summed E-state index contributed by atoms with van der Waals surface area (Å²) >= 11 is 3.34. The van der Waals surface area contributed by atoms with Crippen LogP contribution in [0, 0.1) is 0 Å². The minimum absolute atomic E-state index is 0.210. The maximum Gasteiger partial charge on any atom is 0.243 e. The van der Waals surface area contributed by atoms with Gasteiger partial charge in [0.25, 0.3) is 0 Å². The molecule has 5 heteroatoms. The Labute approximate surface area is 96.5 Å². The second-order valence-corrected chi connectivity index (χ2v) is 3.59. The molecule has 0 aliphatic heterocycles. The Hall–Kier alpha value is -1.36. The van der Waals surface area contributed by atoms with Gasteiger partial charge in [-0.2, -0.15) is 0 Å². The van der Waals surface area contributed by atoms with Crippen LogP contribution < -0.4 is 10.1 Å². The van der Waals surface area contributed by atoms with Crippen molar-refractivity contribution in [2.24, 2.45) is 0 Å². The van der Waals surface area contributed by atoms with Crippen LogP contribution in [0.15, 0.2) is 29.4 Å². The molecule has 0 saturated heterocycles. The molecule has 0 radical (unpaired) electrons. The Balaban J connectivity index is 2.74. The first-order valence-electron chi connectivity index (χ1n) is 4.26. The van der Waals surface area contributed by atoms with E-state index in [9.17, 15) is 4.79 Å². The number of nitrogens with one attached hydrogen (secondary N) is 1. The summed E-state index contributed by atoms with van der Waals surface area (Å²) in [5, 5.41) is 2.67. The maximum absolute atomic E-state index is 11.0. The van der Waals surface area contributed by atoms with Crippen LogP contribution in [0.4, 0.5) is 0 Å². The first-order valence-corrected chi connectivity index (χ1v) is 5.05. The molecule has 1 N–H and O–H groups in total. The molecule has 0 fully saturated rings. The summed E-state index contributed by atoms with van der Waals surface area (Å²) < 4.78 is 5.80. The van der Waals surface area contributed by atoms with Gasteiger partial charge in [-0.3, -0.25) is 4.79 Å². The third kappa shape index (κ3) is 3.36. The van der Waals surface area contributed by atoms with E-state index in [1.807, 2.05) is 0 Å². The first-order chi connectivity index (χ1) is 7.17. The minimum Gasteiger partial charge on any atom is -0.481 e. The summed E-state index contributed by atoms with van der Waals surface area (Å²) in [5.41, 5.74) is 0.900. The summed E-state index contributed by atoms with van der Waals surface area (Å²) in [6, 6.07) is 1.76. The summed E-state index contributed by atoms with van der Waals surface area (Å²) in [6.45, 7) is 3.78. The highest BCUT2D eigenvalue weighted by atomic mass is 79.9. The van der Waals surface area contributed by atoms with Crippen LogP contribution in [-0.4, -0.2) is 18.0 Å². The zero-order valence-electron chi connectivity index (χ0n) is 8.29. The van der Waals surface area contributed by atoms with Crippen molar-refractivity contribution in [3.05, 3.63) is 35.0 Å². The number of hydrogen-bond donors (Lipinski definition) is 1. The van der Waals surface area contributed by atoms with Crippen LogP contribution in [0.25, 0.3) is 0 Å². The first kappa shape index (κ1) is 11.7. The maximum atomic E-state index is 11.0. The predicted molar refractivity (Wildman–Crippen MR) is 60.5 cm³/mol. The van der Waals surface area contributed by atoms with E-state index in [2.05, 4.69) is 32.8 Å². The van der Waals surface area contributed by atoms with Crippen molar-refractivity contribution in [3.63, 3.8) is 0 Å². The van der Waals surface area contributed by atoms with Crippen molar-refractivity contribution in [1.29, 1.82) is 0 Å². The second kappa shape index (κ2) is 5.50. The molecule has 0 aliphatic rings. The van der Waals surface area contributed by atoms with E-state index in [1.54, 1.807) is 19.4 Å². The molecule has 0 bridgehead atoms. The molecular weight excluding hydrogens is 260 g/mol. The number of aromatic nitrogens is 1. The monoisotopic (exact) mass is 270 g/mol. The van der Waals surface area contributed by atoms with Gasteiger partial charge in [0.15, 0.2) is 0 Å². The van der Waals surface area contributed by atoms with E-state index in [1.165, 1.54) is 6.08 Å². The third-order valence-corrected chi connectivity index (χ3v) is 2.47. The topological polar surface area (TPSA) is 51.2 Å². The number of methoxy groups -OCH3 is 1. The van der Waals surface area contributed by atoms with Crippen LogP contribution in [0.2, 0.25) is 0 Å². The molecule has 0 saturated carbocycles. The van der Waals surface area contributed by atoms with E-state index in [4.69, 9.17) is 4.74 Å². The van der Waals surface area contributed by atoms with Crippen molar-refractivity contribution in [2.75, 3.05) is 7.11 Å². The van der Waals surface area contributed by atoms with Gasteiger partial charge in [-0.15, -0.1) is 0 Å². The molecule has 1 aromatic rings. The van der Waals surface area contributed by atoms with Crippen LogP contribution >= 0.6 is 15.9 Å². The summed E-state index contributed by atoms with van der Waals surface area (Å²) in [6.07, 6.45) is 2.86. The number of amides is 1. The van der Waals surface area contributed by atoms with E-state index < -0.39 is 0 Å². The minimum atomic E-state index is -0.210. The van der Waals surface area contributed by atoms with Crippen LogP contribution in [-0.2, 0) is 11.3 Å². The molecule has 1 heterocycles. The van der Waals surface area contributed by atoms with Gasteiger partial charge in [0.2, 0.25) is 11.8 Å². The zero-order valence-corrected chi connectivity index (χ0v) is 9.87. The van der Waals surface area contributed by atoms with Gasteiger partial charge >= 0.3 is 0 Å². The largest absolute Gasteiger partial charge is 0.481 e. The van der Waals surface area contributed by atoms with Crippen molar-refractivity contribution >= 4 is 21.8 Å². The quantitative estimate of drug-likeness (QED) is 0.847. The second-order valence-electron chi connectivity index (χ2n) is 2.74. The number of pyridine rings is 1. The lowest BCUT2D eigenvalue weighted by molar-refractivity contribution is -0.116. The van der Waals surface area contributed by atoms with Gasteiger partial charge in [0, 0.05) is 23.3 Å². The van der Waals surface area contributed by atoms with Crippen molar-refractivity contribution in [2.45, 2.75) is 6.54 Å². The average molecular weight is 271 g/mol. The number of carbonyl (C=O) groups is 1. The van der Waals surface area contributed by atoms with Crippen molar-refractivity contribution < 1.29 is 9.53 Å². The highest BCUT2D eigenvalue weighted by Gasteiger charge is 2.04. The predicted octanol–water partition coefficient (Wildman–Crippen LogP) is 1.65. The van der Waals surface area contributed by atoms with E-state index >= 15 is 0 Å². The molecule has 4 nitrogen and oxygen atoms in total. The lowest BCUT2D eigenvalue weighted by Gasteiger charge is -2.06. The van der Waals surface area contributed by atoms with Gasteiger partial charge in [0.1, 0.15) is 0 Å². The van der Waals surface area contributed by atoms with Gasteiger partial charge in [-0.1, -0.05) is 6.58 Å². The van der Waals surface area contributed by atoms with Crippen molar-refractivity contribution in [1.82, 2.24) is 10.3 Å². The fraction of sp³-hybridized carbons (Fsp3) is 0.200. The molecule has 0 aliphatic carbocycles. The standard InChI is InChI=1S/C10H11BrN2O2/c1-3-9(14)12-5-7-4-10(15-2)13-6-8(7)11/h3-4,6H,1,5H2,2H3,(H,12,14). The van der Waals surface area contributed by atoms with Crippen LogP contribution in [0.5, 0.6) is 5.88 Å². The molecule has 15 heavy (non-hydrogen) atoms. The SMILES string of the molecule is C=CC(=O)NCc1cc(OC)ncc1Br. The number of ether oxygens (including phenoxy) is 1. The number of halogens is 1. The number of carbonyl (C=O) groups excluding carboxylic acids is 1. The molecule has 1 amide bonds. The van der Waals surface area contributed by atoms with Crippen LogP contribution in [0.1, 0.15) is 5.56 Å². The molecule has 1 rings (SSSR count). The Morgan fingerprint density at radius 2 is 2.53 bits per heavy atom. The van der Waals surface area contributed by atoms with Gasteiger partial charge in [-0.25, -0.2) is 4.98 Å². The number of hydrogen-bond acceptors (Lipinski definition) is 3. The number of nitrogens with zero attached hydrogens (tertiary/aromatic N) is 1. The average Bonchev–Trinajstić information content (AvgIpc) is 2.27. The Kier molecular flexibility index (Phi) is 4.30. The lowest BCUT2D eigenvalue weighted by Crippen LogP contribution is -2.20. The van der Waals surface area contributed by atoms with Crippen LogP contribution in [0.3, 0.4) is 0 Å². The normalized spacial score (nSPS) is 9.47. The Morgan fingerprint density at radius 1 is 1.80 bits per heavy atom. The smallest absolute Gasteiger partial charge is 0.243 e. The van der Waals surface area contributed by atoms with Crippen molar-refractivity contribution in [3.8, 4) is 5.88 Å². The molecule has 1 aromatic heterocycles. The molecule has 0 aromatic carbocycles. The molecule has 0 spiro atoms. The summed E-state index contributed by atoms with van der Waals surface area (Å²) in [7, 11) is 1.54. The summed E-state index contributed by atoms with van der Waals surface area (Å²) in [5.74, 6) is 0.304. The van der Waals surface area contributed by atoms with E-state index in [-0.39, 0.29) is 5.91 Å². The Morgan fingerprint density at radius 3 is 3.13 bits per heavy atom. The zero-order chi connectivity index (χ0) is 11.3. The fourth-order valence-corrected chi connectivity index (χ4v) is 1.32. The molecular formula is C10H11BrN2O2. The fourth-order valence-electron chi connectivity index (χ4n) is 0.960. The van der Waals surface area contributed by atoms with Gasteiger partial charge in [0.05, 0.1) is 7.11 Å². The highest BCUT2D eigenvalue weighted by Crippen LogP contribution is 2.19.